The molecule has 1 heterocycles. The lowest BCUT2D eigenvalue weighted by molar-refractivity contribution is -0.119. The SMILES string of the molecule is CC[C@@H](C)c1ccccc1NC(=O)COC(=O)c1[nH]c(C)c(C(C)=O)c1C. The van der Waals surface area contributed by atoms with E-state index in [2.05, 4.69) is 24.1 Å². The molecule has 2 aromatic rings. The van der Waals surface area contributed by atoms with Crippen LogP contribution in [0.1, 0.15) is 70.8 Å². The van der Waals surface area contributed by atoms with Gasteiger partial charge >= 0.3 is 5.97 Å². The number of esters is 1. The first-order chi connectivity index (χ1) is 12.8. The summed E-state index contributed by atoms with van der Waals surface area (Å²) in [4.78, 5) is 39.1. The maximum Gasteiger partial charge on any atom is 0.355 e. The van der Waals surface area contributed by atoms with Crippen molar-refractivity contribution in [3.63, 3.8) is 0 Å². The minimum absolute atomic E-state index is 0.125. The van der Waals surface area contributed by atoms with Crippen LogP contribution >= 0.6 is 0 Å². The largest absolute Gasteiger partial charge is 0.451 e. The summed E-state index contributed by atoms with van der Waals surface area (Å²) < 4.78 is 5.12. The number of nitrogens with one attached hydrogen (secondary N) is 2. The Morgan fingerprint density at radius 1 is 1.19 bits per heavy atom. The first-order valence-corrected chi connectivity index (χ1v) is 9.02. The highest BCUT2D eigenvalue weighted by Gasteiger charge is 2.21. The molecule has 0 spiro atoms. The highest BCUT2D eigenvalue weighted by molar-refractivity contribution is 6.01. The Hall–Kier alpha value is -2.89. The van der Waals surface area contributed by atoms with Crippen LogP contribution < -0.4 is 5.32 Å². The Bertz CT molecular complexity index is 867. The van der Waals surface area contributed by atoms with Crippen molar-refractivity contribution >= 4 is 23.3 Å². The smallest absolute Gasteiger partial charge is 0.355 e. The zero-order valence-electron chi connectivity index (χ0n) is 16.4. The number of anilines is 1. The fraction of sp³-hybridized carbons (Fsp3) is 0.381. The molecular weight excluding hydrogens is 344 g/mol. The van der Waals surface area contributed by atoms with Gasteiger partial charge in [0.25, 0.3) is 5.91 Å². The highest BCUT2D eigenvalue weighted by atomic mass is 16.5. The summed E-state index contributed by atoms with van der Waals surface area (Å²) in [5.74, 6) is -0.890. The highest BCUT2D eigenvalue weighted by Crippen LogP contribution is 2.26. The summed E-state index contributed by atoms with van der Waals surface area (Å²) >= 11 is 0. The number of aryl methyl sites for hydroxylation is 1. The molecule has 0 saturated carbocycles. The van der Waals surface area contributed by atoms with Crippen LogP contribution in [-0.2, 0) is 9.53 Å². The normalized spacial score (nSPS) is 11.7. The monoisotopic (exact) mass is 370 g/mol. The number of rotatable bonds is 7. The lowest BCUT2D eigenvalue weighted by Crippen LogP contribution is -2.22. The standard InChI is InChI=1S/C21H26N2O4/c1-6-12(2)16-9-7-8-10-17(16)23-18(25)11-27-21(26)20-13(3)19(15(5)24)14(4)22-20/h7-10,12,22H,6,11H2,1-5H3,(H,23,25)/t12-/m1/s1. The maximum absolute atomic E-state index is 12.3. The van der Waals surface area contributed by atoms with E-state index in [1.807, 2.05) is 24.3 Å². The van der Waals surface area contributed by atoms with Crippen molar-refractivity contribution in [2.24, 2.45) is 0 Å². The number of para-hydroxylation sites is 1. The second-order valence-electron chi connectivity index (χ2n) is 6.70. The van der Waals surface area contributed by atoms with Crippen LogP contribution in [0.3, 0.4) is 0 Å². The van der Waals surface area contributed by atoms with E-state index in [4.69, 9.17) is 4.74 Å². The predicted octanol–water partition coefficient (Wildman–Crippen LogP) is 4.14. The first kappa shape index (κ1) is 20.4. The summed E-state index contributed by atoms with van der Waals surface area (Å²) in [5.41, 5.74) is 3.59. The van der Waals surface area contributed by atoms with E-state index in [1.54, 1.807) is 13.8 Å². The van der Waals surface area contributed by atoms with E-state index < -0.39 is 18.5 Å². The number of hydrogen-bond acceptors (Lipinski definition) is 4. The number of amides is 1. The van der Waals surface area contributed by atoms with Gasteiger partial charge in [0, 0.05) is 16.9 Å². The number of benzene rings is 1. The van der Waals surface area contributed by atoms with Crippen molar-refractivity contribution in [3.05, 3.63) is 52.3 Å². The molecule has 0 radical (unpaired) electrons. The van der Waals surface area contributed by atoms with Gasteiger partial charge in [0.15, 0.2) is 12.4 Å². The van der Waals surface area contributed by atoms with Crippen LogP contribution in [0.2, 0.25) is 0 Å². The van der Waals surface area contributed by atoms with Crippen molar-refractivity contribution in [1.82, 2.24) is 4.98 Å². The van der Waals surface area contributed by atoms with E-state index in [0.717, 1.165) is 17.7 Å². The molecule has 1 aromatic heterocycles. The van der Waals surface area contributed by atoms with Gasteiger partial charge in [-0.25, -0.2) is 4.79 Å². The molecule has 0 fully saturated rings. The third-order valence-electron chi connectivity index (χ3n) is 4.71. The minimum atomic E-state index is -0.659. The molecule has 0 aliphatic heterocycles. The molecule has 1 aromatic carbocycles. The molecule has 0 saturated heterocycles. The molecule has 1 amide bonds. The Kier molecular flexibility index (Phi) is 6.55. The van der Waals surface area contributed by atoms with E-state index in [1.165, 1.54) is 6.92 Å². The molecule has 2 rings (SSSR count). The van der Waals surface area contributed by atoms with E-state index in [9.17, 15) is 14.4 Å². The Balaban J connectivity index is 2.04. The van der Waals surface area contributed by atoms with Crippen LogP contribution in [-0.4, -0.2) is 29.3 Å². The first-order valence-electron chi connectivity index (χ1n) is 9.02. The van der Waals surface area contributed by atoms with Crippen molar-refractivity contribution in [2.45, 2.75) is 47.0 Å². The number of carbonyl (C=O) groups excluding carboxylic acids is 3. The number of aromatic nitrogens is 1. The summed E-state index contributed by atoms with van der Waals surface area (Å²) in [6, 6.07) is 7.59. The lowest BCUT2D eigenvalue weighted by Gasteiger charge is -2.15. The number of hydrogen-bond donors (Lipinski definition) is 2. The third-order valence-corrected chi connectivity index (χ3v) is 4.71. The summed E-state index contributed by atoms with van der Waals surface area (Å²) in [7, 11) is 0. The minimum Gasteiger partial charge on any atom is -0.451 e. The summed E-state index contributed by atoms with van der Waals surface area (Å²) in [6.45, 7) is 8.62. The number of ether oxygens (including phenoxy) is 1. The quantitative estimate of drug-likeness (QED) is 0.566. The molecule has 6 nitrogen and oxygen atoms in total. The van der Waals surface area contributed by atoms with Gasteiger partial charge in [-0.1, -0.05) is 32.0 Å². The fourth-order valence-electron chi connectivity index (χ4n) is 3.13. The van der Waals surface area contributed by atoms with Gasteiger partial charge in [-0.15, -0.1) is 0 Å². The Morgan fingerprint density at radius 2 is 1.85 bits per heavy atom. The lowest BCUT2D eigenvalue weighted by atomic mass is 9.97. The van der Waals surface area contributed by atoms with Gasteiger partial charge in [0.2, 0.25) is 0 Å². The number of H-pyrrole nitrogens is 1. The Labute approximate surface area is 159 Å². The molecule has 27 heavy (non-hydrogen) atoms. The number of carbonyl (C=O) groups is 3. The van der Waals surface area contributed by atoms with Crippen molar-refractivity contribution < 1.29 is 19.1 Å². The molecule has 0 aliphatic carbocycles. The van der Waals surface area contributed by atoms with Gasteiger partial charge in [-0.05, 0) is 50.3 Å². The van der Waals surface area contributed by atoms with Crippen LogP contribution in [0, 0.1) is 13.8 Å². The van der Waals surface area contributed by atoms with Crippen molar-refractivity contribution in [3.8, 4) is 0 Å². The number of Topliss-reactive ketones (excluding diaryl/α,β-unsaturated/α-hetero) is 1. The van der Waals surface area contributed by atoms with Gasteiger partial charge in [0.05, 0.1) is 0 Å². The molecule has 6 heteroatoms. The topological polar surface area (TPSA) is 88.3 Å². The van der Waals surface area contributed by atoms with Crippen LogP contribution in [0.15, 0.2) is 24.3 Å². The molecule has 0 unspecified atom stereocenters. The Morgan fingerprint density at radius 3 is 2.44 bits per heavy atom. The van der Waals surface area contributed by atoms with Gasteiger partial charge in [-0.2, -0.15) is 0 Å². The maximum atomic E-state index is 12.3. The molecule has 1 atom stereocenters. The van der Waals surface area contributed by atoms with Crippen molar-refractivity contribution in [1.29, 1.82) is 0 Å². The predicted molar refractivity (Wildman–Crippen MR) is 104 cm³/mol. The fourth-order valence-corrected chi connectivity index (χ4v) is 3.13. The summed E-state index contributed by atoms with van der Waals surface area (Å²) in [5, 5.41) is 2.80. The molecular formula is C21H26N2O4. The average molecular weight is 370 g/mol. The average Bonchev–Trinajstić information content (AvgIpc) is 2.94. The number of aromatic amines is 1. The van der Waals surface area contributed by atoms with Gasteiger partial charge in [-0.3, -0.25) is 9.59 Å². The van der Waals surface area contributed by atoms with E-state index >= 15 is 0 Å². The van der Waals surface area contributed by atoms with E-state index in [-0.39, 0.29) is 11.5 Å². The number of ketones is 1. The second kappa shape index (κ2) is 8.66. The van der Waals surface area contributed by atoms with Gasteiger partial charge < -0.3 is 15.0 Å². The van der Waals surface area contributed by atoms with Gasteiger partial charge in [0.1, 0.15) is 5.69 Å². The van der Waals surface area contributed by atoms with Crippen LogP contribution in [0.5, 0.6) is 0 Å². The van der Waals surface area contributed by atoms with E-state index in [0.29, 0.717) is 22.7 Å². The third kappa shape index (κ3) is 4.64. The molecule has 0 aliphatic rings. The van der Waals surface area contributed by atoms with Crippen LogP contribution in [0.25, 0.3) is 0 Å². The zero-order chi connectivity index (χ0) is 20.1. The molecule has 2 N–H and O–H groups in total. The van der Waals surface area contributed by atoms with Crippen LogP contribution in [0.4, 0.5) is 5.69 Å². The second-order valence-corrected chi connectivity index (χ2v) is 6.70. The zero-order valence-corrected chi connectivity index (χ0v) is 16.4. The van der Waals surface area contributed by atoms with Crippen molar-refractivity contribution in [2.75, 3.05) is 11.9 Å². The molecule has 0 bridgehead atoms. The molecule has 144 valence electrons. The summed E-state index contributed by atoms with van der Waals surface area (Å²) in [6.07, 6.45) is 0.950.